The van der Waals surface area contributed by atoms with Gasteiger partial charge >= 0.3 is 0 Å². The minimum atomic E-state index is -0.818. The molecule has 0 heterocycles. The first kappa shape index (κ1) is 28.2. The lowest BCUT2D eigenvalue weighted by molar-refractivity contribution is -0.123. The van der Waals surface area contributed by atoms with Gasteiger partial charge < -0.3 is 23.7 Å². The summed E-state index contributed by atoms with van der Waals surface area (Å²) >= 11 is 29.7. The van der Waals surface area contributed by atoms with Crippen LogP contribution < -0.4 is 0 Å². The molecular formula is C17H31Cl5O5. The van der Waals surface area contributed by atoms with E-state index < -0.39 is 11.2 Å². The normalized spacial score (nSPS) is 12.7. The summed E-state index contributed by atoms with van der Waals surface area (Å²) in [5.74, 6) is 1.43. The number of hydrogen-bond donors (Lipinski definition) is 0. The molecule has 0 aliphatic carbocycles. The smallest absolute Gasteiger partial charge is 0.118 e. The average molecular weight is 493 g/mol. The van der Waals surface area contributed by atoms with E-state index >= 15 is 0 Å². The molecule has 0 radical (unpaired) electrons. The average Bonchev–Trinajstić information content (AvgIpc) is 2.72. The van der Waals surface area contributed by atoms with Crippen LogP contribution in [0.2, 0.25) is 0 Å². The van der Waals surface area contributed by atoms with Gasteiger partial charge in [-0.15, -0.1) is 58.0 Å². The van der Waals surface area contributed by atoms with Gasteiger partial charge in [0.25, 0.3) is 0 Å². The van der Waals surface area contributed by atoms with Gasteiger partial charge in [-0.25, -0.2) is 0 Å². The minimum absolute atomic E-state index is 0.187. The third-order valence-electron chi connectivity index (χ3n) is 3.86. The fourth-order valence-electron chi connectivity index (χ4n) is 1.83. The molecule has 0 atom stereocenters. The minimum Gasteiger partial charge on any atom is -0.378 e. The van der Waals surface area contributed by atoms with Crippen molar-refractivity contribution in [2.45, 2.75) is 24.5 Å². The SMILES string of the molecule is CCC(CCl)(CCl)OCC(CCl)(CCl)OCCOCCOCCOCCCl. The molecule has 0 amide bonds. The van der Waals surface area contributed by atoms with E-state index in [0.29, 0.717) is 58.5 Å². The summed E-state index contributed by atoms with van der Waals surface area (Å²) in [7, 11) is 0. The van der Waals surface area contributed by atoms with Crippen molar-refractivity contribution in [3.63, 3.8) is 0 Å². The number of alkyl halides is 5. The molecule has 0 bridgehead atoms. The quantitative estimate of drug-likeness (QED) is 0.189. The third-order valence-corrected chi connectivity index (χ3v) is 5.96. The predicted octanol–water partition coefficient (Wildman–Crippen LogP) is 4.15. The second-order valence-corrected chi connectivity index (χ2v) is 7.36. The van der Waals surface area contributed by atoms with E-state index in [9.17, 15) is 0 Å². The van der Waals surface area contributed by atoms with Crippen LogP contribution in [-0.4, -0.2) is 93.5 Å². The van der Waals surface area contributed by atoms with E-state index in [-0.39, 0.29) is 30.1 Å². The summed E-state index contributed by atoms with van der Waals surface area (Å²) in [4.78, 5) is 0. The first-order valence-corrected chi connectivity index (χ1v) is 11.6. The van der Waals surface area contributed by atoms with Crippen LogP contribution in [0, 0.1) is 0 Å². The molecular weight excluding hydrogens is 461 g/mol. The predicted molar refractivity (Wildman–Crippen MR) is 114 cm³/mol. The van der Waals surface area contributed by atoms with Crippen LogP contribution in [0.5, 0.6) is 0 Å². The van der Waals surface area contributed by atoms with Crippen LogP contribution in [-0.2, 0) is 23.7 Å². The van der Waals surface area contributed by atoms with Crippen molar-refractivity contribution < 1.29 is 23.7 Å². The second kappa shape index (κ2) is 18.1. The Hall–Kier alpha value is 1.25. The van der Waals surface area contributed by atoms with Crippen molar-refractivity contribution in [3.8, 4) is 0 Å². The van der Waals surface area contributed by atoms with Gasteiger partial charge in [-0.3, -0.25) is 0 Å². The van der Waals surface area contributed by atoms with Gasteiger partial charge in [-0.2, -0.15) is 0 Å². The largest absolute Gasteiger partial charge is 0.378 e. The molecule has 0 aromatic heterocycles. The Balaban J connectivity index is 4.00. The fraction of sp³-hybridized carbons (Fsp3) is 1.00. The fourth-order valence-corrected chi connectivity index (χ4v) is 3.36. The van der Waals surface area contributed by atoms with Crippen molar-refractivity contribution in [1.82, 2.24) is 0 Å². The van der Waals surface area contributed by atoms with Crippen LogP contribution in [0.4, 0.5) is 0 Å². The molecule has 0 saturated carbocycles. The lowest BCUT2D eigenvalue weighted by atomic mass is 10.0. The first-order chi connectivity index (χ1) is 13.1. The molecule has 0 rings (SSSR count). The first-order valence-electron chi connectivity index (χ1n) is 8.88. The molecule has 0 aliphatic heterocycles. The Morgan fingerprint density at radius 3 is 1.41 bits per heavy atom. The van der Waals surface area contributed by atoms with Gasteiger partial charge in [-0.1, -0.05) is 6.92 Å². The summed E-state index contributed by atoms with van der Waals surface area (Å²) in [5.41, 5.74) is -1.43. The topological polar surface area (TPSA) is 46.2 Å². The third kappa shape index (κ3) is 12.5. The van der Waals surface area contributed by atoms with Crippen molar-refractivity contribution >= 4 is 58.0 Å². The standard InChI is InChI=1S/C17H31Cl5O5/c1-2-16(11-19,12-20)27-15-17(13-21,14-22)26-10-9-25-8-7-24-6-5-23-4-3-18/h2-15H2,1H3. The summed E-state index contributed by atoms with van der Waals surface area (Å²) in [6.45, 7) is 5.40. The molecule has 10 heteroatoms. The van der Waals surface area contributed by atoms with Gasteiger partial charge in [0.1, 0.15) is 5.60 Å². The van der Waals surface area contributed by atoms with Crippen LogP contribution in [0.3, 0.4) is 0 Å². The van der Waals surface area contributed by atoms with Crippen LogP contribution >= 0.6 is 58.0 Å². The highest BCUT2D eigenvalue weighted by atomic mass is 35.5. The zero-order valence-electron chi connectivity index (χ0n) is 15.8. The van der Waals surface area contributed by atoms with Gasteiger partial charge in [0.15, 0.2) is 0 Å². The Bertz CT molecular complexity index is 323. The van der Waals surface area contributed by atoms with Gasteiger partial charge in [0.2, 0.25) is 0 Å². The van der Waals surface area contributed by atoms with E-state index in [2.05, 4.69) is 0 Å². The highest BCUT2D eigenvalue weighted by molar-refractivity contribution is 6.22. The molecule has 0 aromatic carbocycles. The van der Waals surface area contributed by atoms with Gasteiger partial charge in [0, 0.05) is 5.88 Å². The van der Waals surface area contributed by atoms with Crippen molar-refractivity contribution in [1.29, 1.82) is 0 Å². The van der Waals surface area contributed by atoms with Crippen molar-refractivity contribution in [2.24, 2.45) is 0 Å². The van der Waals surface area contributed by atoms with E-state index in [0.717, 1.165) is 0 Å². The summed E-state index contributed by atoms with van der Waals surface area (Å²) in [6.07, 6.45) is 0.681. The van der Waals surface area contributed by atoms with Gasteiger partial charge in [0.05, 0.1) is 82.0 Å². The van der Waals surface area contributed by atoms with E-state index in [1.54, 1.807) is 0 Å². The number of hydrogen-bond acceptors (Lipinski definition) is 5. The molecule has 0 saturated heterocycles. The monoisotopic (exact) mass is 490 g/mol. The second-order valence-electron chi connectivity index (χ2n) is 5.92. The van der Waals surface area contributed by atoms with Crippen molar-refractivity contribution in [3.05, 3.63) is 0 Å². The van der Waals surface area contributed by atoms with Crippen LogP contribution in [0.15, 0.2) is 0 Å². The Morgan fingerprint density at radius 2 is 1.00 bits per heavy atom. The zero-order chi connectivity index (χ0) is 20.4. The Kier molecular flexibility index (Phi) is 18.9. The highest BCUT2D eigenvalue weighted by Gasteiger charge is 2.35. The van der Waals surface area contributed by atoms with E-state index in [4.69, 9.17) is 81.7 Å². The zero-order valence-corrected chi connectivity index (χ0v) is 19.6. The van der Waals surface area contributed by atoms with Crippen molar-refractivity contribution in [2.75, 3.05) is 82.3 Å². The molecule has 27 heavy (non-hydrogen) atoms. The maximum Gasteiger partial charge on any atom is 0.118 e. The Labute approximate surface area is 188 Å². The lowest BCUT2D eigenvalue weighted by Gasteiger charge is -2.36. The number of halogens is 5. The van der Waals surface area contributed by atoms with E-state index in [1.807, 2.05) is 6.92 Å². The summed E-state index contributed by atoms with van der Waals surface area (Å²) in [6, 6.07) is 0. The number of ether oxygens (including phenoxy) is 5. The summed E-state index contributed by atoms with van der Waals surface area (Å²) < 4.78 is 27.8. The molecule has 0 aliphatic rings. The summed E-state index contributed by atoms with van der Waals surface area (Å²) in [5, 5.41) is 0. The molecule has 5 nitrogen and oxygen atoms in total. The lowest BCUT2D eigenvalue weighted by Crippen LogP contribution is -2.48. The molecule has 0 spiro atoms. The Morgan fingerprint density at radius 1 is 0.556 bits per heavy atom. The molecule has 0 fully saturated rings. The maximum atomic E-state index is 6.08. The van der Waals surface area contributed by atoms with Crippen LogP contribution in [0.1, 0.15) is 13.3 Å². The molecule has 0 unspecified atom stereocenters. The maximum absolute atomic E-state index is 6.08. The number of rotatable bonds is 20. The molecule has 164 valence electrons. The molecule has 0 N–H and O–H groups in total. The van der Waals surface area contributed by atoms with Gasteiger partial charge in [-0.05, 0) is 6.42 Å². The highest BCUT2D eigenvalue weighted by Crippen LogP contribution is 2.25. The van der Waals surface area contributed by atoms with E-state index in [1.165, 1.54) is 0 Å². The molecule has 0 aromatic rings. The van der Waals surface area contributed by atoms with Crippen LogP contribution in [0.25, 0.3) is 0 Å².